The van der Waals surface area contributed by atoms with Gasteiger partial charge in [-0.15, -0.1) is 0 Å². The van der Waals surface area contributed by atoms with Crippen LogP contribution in [0.15, 0.2) is 41.1 Å². The highest BCUT2D eigenvalue weighted by Crippen LogP contribution is 2.18. The molecule has 0 aliphatic heterocycles. The number of aryl methyl sites for hydroxylation is 2. The second kappa shape index (κ2) is 6.16. The Hall–Kier alpha value is -1.13. The van der Waals surface area contributed by atoms with Crippen LogP contribution in [0.1, 0.15) is 17.8 Å². The summed E-state index contributed by atoms with van der Waals surface area (Å²) in [4.78, 5) is 4.31. The highest BCUT2D eigenvalue weighted by atomic mass is 79.9. The van der Waals surface area contributed by atoms with Crippen LogP contribution < -0.4 is 5.73 Å². The van der Waals surface area contributed by atoms with Gasteiger partial charge in [0, 0.05) is 36.4 Å². The lowest BCUT2D eigenvalue weighted by Gasteiger charge is -2.12. The highest BCUT2D eigenvalue weighted by Gasteiger charge is 2.08. The van der Waals surface area contributed by atoms with Gasteiger partial charge in [-0.3, -0.25) is 0 Å². The molecule has 0 aliphatic rings. The fraction of sp³-hybridized carbons (Fsp3) is 0.357. The summed E-state index contributed by atoms with van der Waals surface area (Å²) < 4.78 is 3.18. The summed E-state index contributed by atoms with van der Waals surface area (Å²) >= 11 is 3.55. The molecule has 0 radical (unpaired) electrons. The first-order valence-electron chi connectivity index (χ1n) is 6.12. The Labute approximate surface area is 116 Å². The molecule has 0 aliphatic carbocycles. The van der Waals surface area contributed by atoms with Crippen LogP contribution in [0.25, 0.3) is 0 Å². The zero-order chi connectivity index (χ0) is 13.0. The van der Waals surface area contributed by atoms with Crippen LogP contribution >= 0.6 is 15.9 Å². The minimum absolute atomic E-state index is 0.167. The molecular formula is C14H18BrN3. The van der Waals surface area contributed by atoms with Gasteiger partial charge in [-0.2, -0.15) is 0 Å². The molecule has 0 spiro atoms. The maximum Gasteiger partial charge on any atom is 0.108 e. The Morgan fingerprint density at radius 3 is 2.83 bits per heavy atom. The topological polar surface area (TPSA) is 43.8 Å². The normalized spacial score (nSPS) is 12.6. The average Bonchev–Trinajstić information content (AvgIpc) is 2.75. The molecule has 2 rings (SSSR count). The van der Waals surface area contributed by atoms with Crippen molar-refractivity contribution in [3.8, 4) is 0 Å². The summed E-state index contributed by atoms with van der Waals surface area (Å²) in [5.41, 5.74) is 7.45. The highest BCUT2D eigenvalue weighted by molar-refractivity contribution is 9.10. The van der Waals surface area contributed by atoms with Crippen molar-refractivity contribution in [3.05, 3.63) is 52.5 Å². The van der Waals surface area contributed by atoms with E-state index in [4.69, 9.17) is 5.73 Å². The van der Waals surface area contributed by atoms with E-state index in [0.717, 1.165) is 29.6 Å². The van der Waals surface area contributed by atoms with Gasteiger partial charge in [0.25, 0.3) is 0 Å². The van der Waals surface area contributed by atoms with E-state index in [1.54, 1.807) is 0 Å². The maximum absolute atomic E-state index is 6.18. The Balaban J connectivity index is 1.88. The van der Waals surface area contributed by atoms with Gasteiger partial charge in [-0.1, -0.05) is 34.1 Å². The maximum atomic E-state index is 6.18. The second-order valence-corrected chi connectivity index (χ2v) is 5.40. The number of nitrogens with two attached hydrogens (primary N) is 1. The van der Waals surface area contributed by atoms with Crippen molar-refractivity contribution in [2.75, 3.05) is 0 Å². The van der Waals surface area contributed by atoms with E-state index in [0.29, 0.717) is 0 Å². The molecule has 1 unspecified atom stereocenters. The summed E-state index contributed by atoms with van der Waals surface area (Å²) in [6.07, 6.45) is 6.57. The fourth-order valence-electron chi connectivity index (χ4n) is 2.00. The first kappa shape index (κ1) is 13.3. The number of nitrogens with zero attached hydrogens (tertiary/aromatic N) is 2. The van der Waals surface area contributed by atoms with Crippen LogP contribution in [0.3, 0.4) is 0 Å². The molecule has 0 saturated heterocycles. The predicted octanol–water partition coefficient (Wildman–Crippen LogP) is 2.69. The molecule has 0 fully saturated rings. The summed E-state index contributed by atoms with van der Waals surface area (Å²) in [7, 11) is 2.02. The first-order chi connectivity index (χ1) is 8.66. The van der Waals surface area contributed by atoms with Gasteiger partial charge < -0.3 is 10.3 Å². The number of hydrogen-bond donors (Lipinski definition) is 1. The van der Waals surface area contributed by atoms with E-state index in [1.807, 2.05) is 36.1 Å². The Kier molecular flexibility index (Phi) is 4.55. The Bertz CT molecular complexity index is 507. The molecule has 0 amide bonds. The minimum Gasteiger partial charge on any atom is -0.338 e. The van der Waals surface area contributed by atoms with Gasteiger partial charge in [-0.05, 0) is 24.5 Å². The third kappa shape index (κ3) is 3.43. The molecule has 0 bridgehead atoms. The van der Waals surface area contributed by atoms with Crippen LogP contribution in [0.4, 0.5) is 0 Å². The lowest BCUT2D eigenvalue weighted by atomic mass is 10.0. The molecular weight excluding hydrogens is 290 g/mol. The van der Waals surface area contributed by atoms with Crippen LogP contribution in [0.5, 0.6) is 0 Å². The van der Waals surface area contributed by atoms with Crippen molar-refractivity contribution in [3.63, 3.8) is 0 Å². The molecule has 1 atom stereocenters. The molecule has 96 valence electrons. The molecule has 2 aromatic rings. The second-order valence-electron chi connectivity index (χ2n) is 4.55. The van der Waals surface area contributed by atoms with Gasteiger partial charge in [-0.25, -0.2) is 4.98 Å². The lowest BCUT2D eigenvalue weighted by molar-refractivity contribution is 0.588. The van der Waals surface area contributed by atoms with Gasteiger partial charge in [0.05, 0.1) is 0 Å². The van der Waals surface area contributed by atoms with Gasteiger partial charge in [0.1, 0.15) is 5.82 Å². The molecule has 1 aromatic heterocycles. The molecule has 1 heterocycles. The van der Waals surface area contributed by atoms with Crippen LogP contribution in [-0.2, 0) is 19.9 Å². The lowest BCUT2D eigenvalue weighted by Crippen LogP contribution is -2.24. The minimum atomic E-state index is 0.167. The van der Waals surface area contributed by atoms with Crippen molar-refractivity contribution < 1.29 is 0 Å². The van der Waals surface area contributed by atoms with E-state index in [9.17, 15) is 0 Å². The van der Waals surface area contributed by atoms with Gasteiger partial charge >= 0.3 is 0 Å². The molecule has 3 nitrogen and oxygen atoms in total. The number of aromatic nitrogens is 2. The summed E-state index contributed by atoms with van der Waals surface area (Å²) in [5.74, 6) is 1.09. The molecule has 2 N–H and O–H groups in total. The molecule has 18 heavy (non-hydrogen) atoms. The van der Waals surface area contributed by atoms with E-state index in [1.165, 1.54) is 5.56 Å². The predicted molar refractivity (Wildman–Crippen MR) is 77.4 cm³/mol. The number of imidazole rings is 1. The van der Waals surface area contributed by atoms with Crippen molar-refractivity contribution in [1.29, 1.82) is 0 Å². The SMILES string of the molecule is Cn1ccnc1CCC(N)Cc1ccccc1Br. The van der Waals surface area contributed by atoms with E-state index < -0.39 is 0 Å². The largest absolute Gasteiger partial charge is 0.338 e. The molecule has 0 saturated carbocycles. The summed E-state index contributed by atoms with van der Waals surface area (Å²) in [5, 5.41) is 0. The van der Waals surface area contributed by atoms with E-state index in [2.05, 4.69) is 33.0 Å². The molecule has 1 aromatic carbocycles. The van der Waals surface area contributed by atoms with Crippen LogP contribution in [-0.4, -0.2) is 15.6 Å². The Morgan fingerprint density at radius 1 is 1.39 bits per heavy atom. The van der Waals surface area contributed by atoms with Crippen LogP contribution in [0, 0.1) is 0 Å². The van der Waals surface area contributed by atoms with Crippen molar-refractivity contribution >= 4 is 15.9 Å². The third-order valence-corrected chi connectivity index (χ3v) is 3.87. The monoisotopic (exact) mass is 307 g/mol. The number of rotatable bonds is 5. The van der Waals surface area contributed by atoms with Crippen molar-refractivity contribution in [1.82, 2.24) is 9.55 Å². The molecule has 4 heteroatoms. The van der Waals surface area contributed by atoms with E-state index >= 15 is 0 Å². The standard InChI is InChI=1S/C14H18BrN3/c1-18-9-8-17-14(18)7-6-12(16)10-11-4-2-3-5-13(11)15/h2-5,8-9,12H,6-7,10,16H2,1H3. The van der Waals surface area contributed by atoms with Crippen LogP contribution in [0.2, 0.25) is 0 Å². The number of halogens is 1. The average molecular weight is 308 g/mol. The number of hydrogen-bond acceptors (Lipinski definition) is 2. The van der Waals surface area contributed by atoms with E-state index in [-0.39, 0.29) is 6.04 Å². The zero-order valence-electron chi connectivity index (χ0n) is 10.5. The zero-order valence-corrected chi connectivity index (χ0v) is 12.1. The first-order valence-corrected chi connectivity index (χ1v) is 6.91. The number of benzene rings is 1. The Morgan fingerprint density at radius 2 is 2.17 bits per heavy atom. The van der Waals surface area contributed by atoms with Gasteiger partial charge in [0.15, 0.2) is 0 Å². The third-order valence-electron chi connectivity index (χ3n) is 3.10. The summed E-state index contributed by atoms with van der Waals surface area (Å²) in [6.45, 7) is 0. The van der Waals surface area contributed by atoms with Crippen molar-refractivity contribution in [2.45, 2.75) is 25.3 Å². The quantitative estimate of drug-likeness (QED) is 0.923. The summed E-state index contributed by atoms with van der Waals surface area (Å²) in [6, 6.07) is 8.41. The van der Waals surface area contributed by atoms with Crippen molar-refractivity contribution in [2.24, 2.45) is 12.8 Å². The van der Waals surface area contributed by atoms with Gasteiger partial charge in [0.2, 0.25) is 0 Å². The smallest absolute Gasteiger partial charge is 0.108 e. The fourth-order valence-corrected chi connectivity index (χ4v) is 2.45.